The Kier molecular flexibility index (Phi) is 6.48. The van der Waals surface area contributed by atoms with Gasteiger partial charge in [-0.15, -0.1) is 0 Å². The van der Waals surface area contributed by atoms with Gasteiger partial charge in [-0.05, 0) is 70.8 Å². The number of furan rings is 1. The van der Waals surface area contributed by atoms with E-state index in [2.05, 4.69) is 173 Å². The lowest BCUT2D eigenvalue weighted by molar-refractivity contribution is 0.670. The molecule has 11 rings (SSSR count). The average molecular weight is 679 g/mol. The molecule has 3 aromatic heterocycles. The first-order valence-corrected chi connectivity index (χ1v) is 17.8. The minimum Gasteiger partial charge on any atom is -0.451 e. The monoisotopic (exact) mass is 678 g/mol. The first-order chi connectivity index (χ1) is 26.3. The largest absolute Gasteiger partial charge is 0.451 e. The summed E-state index contributed by atoms with van der Waals surface area (Å²) in [4.78, 5) is 13.1. The van der Waals surface area contributed by atoms with Gasteiger partial charge < -0.3 is 9.32 Å². The zero-order chi connectivity index (χ0) is 34.9. The highest BCUT2D eigenvalue weighted by Crippen LogP contribution is 2.43. The summed E-state index contributed by atoms with van der Waals surface area (Å²) in [5, 5.41) is 7.80. The molecule has 0 N–H and O–H groups in total. The van der Waals surface area contributed by atoms with Crippen LogP contribution in [0.3, 0.4) is 0 Å². The van der Waals surface area contributed by atoms with Crippen LogP contribution < -0.4 is 4.90 Å². The van der Waals surface area contributed by atoms with Crippen LogP contribution in [-0.4, -0.2) is 14.5 Å². The molecule has 0 spiro atoms. The highest BCUT2D eigenvalue weighted by molar-refractivity contribution is 6.22. The SMILES string of the molecule is c1ccc(-c2nc(-n3c4ccc(N(c5ccccc5)c5ccccc5)cc4c4c5ccccc5ccc43)nc3c2oc2c4ccccc4ccc32)cc1. The van der Waals surface area contributed by atoms with Gasteiger partial charge in [-0.3, -0.25) is 4.57 Å². The quantitative estimate of drug-likeness (QED) is 0.182. The molecule has 0 atom stereocenters. The van der Waals surface area contributed by atoms with E-state index in [9.17, 15) is 0 Å². The Bertz CT molecular complexity index is 3130. The molecular formula is C48H30N4O. The molecule has 0 aliphatic rings. The predicted octanol–water partition coefficient (Wildman–Crippen LogP) is 12.9. The minimum absolute atomic E-state index is 0.596. The summed E-state index contributed by atoms with van der Waals surface area (Å²) in [7, 11) is 0. The van der Waals surface area contributed by atoms with E-state index in [0.29, 0.717) is 11.5 Å². The van der Waals surface area contributed by atoms with Crippen LogP contribution in [0.2, 0.25) is 0 Å². The van der Waals surface area contributed by atoms with Crippen LogP contribution in [0, 0.1) is 0 Å². The third kappa shape index (κ3) is 4.57. The second-order valence-corrected chi connectivity index (χ2v) is 13.4. The standard InChI is InChI=1S/C48H30N4O/c1-4-16-33(17-5-1)44-47-45(39-27-24-32-15-11-13-23-38(32)46(39)53-47)50-48(49-44)52-41-29-26-36(51(34-18-6-2-7-19-34)35-20-8-3-9-21-35)30-40(41)43-37-22-12-10-14-31(37)25-28-42(43)52/h1-30H. The molecule has 0 saturated carbocycles. The average Bonchev–Trinajstić information content (AvgIpc) is 3.78. The van der Waals surface area contributed by atoms with Gasteiger partial charge in [0.15, 0.2) is 5.58 Å². The first-order valence-electron chi connectivity index (χ1n) is 17.8. The van der Waals surface area contributed by atoms with Crippen molar-refractivity contribution in [2.24, 2.45) is 0 Å². The van der Waals surface area contributed by atoms with Gasteiger partial charge in [0.25, 0.3) is 0 Å². The fraction of sp³-hybridized carbons (Fsp3) is 0. The zero-order valence-corrected chi connectivity index (χ0v) is 28.5. The second kappa shape index (κ2) is 11.7. The van der Waals surface area contributed by atoms with Crippen molar-refractivity contribution >= 4 is 82.5 Å². The molecule has 53 heavy (non-hydrogen) atoms. The van der Waals surface area contributed by atoms with Gasteiger partial charge in [-0.1, -0.05) is 127 Å². The fourth-order valence-electron chi connectivity index (χ4n) is 7.99. The van der Waals surface area contributed by atoms with Gasteiger partial charge in [-0.2, -0.15) is 0 Å². The Morgan fingerprint density at radius 3 is 1.77 bits per heavy atom. The topological polar surface area (TPSA) is 47.1 Å². The van der Waals surface area contributed by atoms with Crippen molar-refractivity contribution in [1.82, 2.24) is 14.5 Å². The summed E-state index contributed by atoms with van der Waals surface area (Å²) in [5.41, 5.74) is 9.34. The molecule has 0 unspecified atom stereocenters. The maximum absolute atomic E-state index is 6.74. The van der Waals surface area contributed by atoms with Crippen molar-refractivity contribution in [2.45, 2.75) is 0 Å². The molecule has 248 valence electrons. The molecular weight excluding hydrogens is 649 g/mol. The second-order valence-electron chi connectivity index (χ2n) is 13.4. The smallest absolute Gasteiger partial charge is 0.236 e. The number of rotatable bonds is 5. The van der Waals surface area contributed by atoms with Crippen LogP contribution in [-0.2, 0) is 0 Å². The molecule has 0 aliphatic heterocycles. The summed E-state index contributed by atoms with van der Waals surface area (Å²) in [6.45, 7) is 0. The van der Waals surface area contributed by atoms with Crippen molar-refractivity contribution in [2.75, 3.05) is 4.90 Å². The van der Waals surface area contributed by atoms with Crippen LogP contribution >= 0.6 is 0 Å². The Labute approximate surface area is 304 Å². The highest BCUT2D eigenvalue weighted by Gasteiger charge is 2.23. The normalized spacial score (nSPS) is 11.8. The summed E-state index contributed by atoms with van der Waals surface area (Å²) >= 11 is 0. The molecule has 0 fully saturated rings. The van der Waals surface area contributed by atoms with Gasteiger partial charge in [-0.25, -0.2) is 9.97 Å². The molecule has 0 bridgehead atoms. The summed E-state index contributed by atoms with van der Waals surface area (Å²) < 4.78 is 8.97. The minimum atomic E-state index is 0.596. The fourth-order valence-corrected chi connectivity index (χ4v) is 7.99. The van der Waals surface area contributed by atoms with Crippen LogP contribution in [0.25, 0.3) is 82.6 Å². The molecule has 0 amide bonds. The Morgan fingerprint density at radius 1 is 0.434 bits per heavy atom. The van der Waals surface area contributed by atoms with Crippen LogP contribution in [0.1, 0.15) is 0 Å². The van der Waals surface area contributed by atoms with Crippen molar-refractivity contribution in [3.63, 3.8) is 0 Å². The lowest BCUT2D eigenvalue weighted by Crippen LogP contribution is -2.09. The summed E-state index contributed by atoms with van der Waals surface area (Å²) in [6, 6.07) is 63.7. The van der Waals surface area contributed by atoms with E-state index in [1.165, 1.54) is 10.8 Å². The lowest BCUT2D eigenvalue weighted by Gasteiger charge is -2.25. The number of benzene rings is 8. The number of nitrogens with zero attached hydrogens (tertiary/aromatic N) is 4. The Morgan fingerprint density at radius 2 is 1.04 bits per heavy atom. The van der Waals surface area contributed by atoms with Gasteiger partial charge in [0.05, 0.1) is 11.0 Å². The maximum atomic E-state index is 6.74. The Balaban J connectivity index is 1.24. The number of anilines is 3. The van der Waals surface area contributed by atoms with E-state index in [1.807, 2.05) is 18.2 Å². The van der Waals surface area contributed by atoms with Crippen LogP contribution in [0.15, 0.2) is 186 Å². The molecule has 0 aliphatic carbocycles. The summed E-state index contributed by atoms with van der Waals surface area (Å²) in [5.74, 6) is 0.596. The van der Waals surface area contributed by atoms with E-state index in [0.717, 1.165) is 77.4 Å². The van der Waals surface area contributed by atoms with Crippen LogP contribution in [0.5, 0.6) is 0 Å². The molecule has 3 heterocycles. The maximum Gasteiger partial charge on any atom is 0.236 e. The third-order valence-corrected chi connectivity index (χ3v) is 10.4. The lowest BCUT2D eigenvalue weighted by atomic mass is 10.0. The number of hydrogen-bond acceptors (Lipinski definition) is 4. The molecule has 5 heteroatoms. The molecule has 0 saturated heterocycles. The van der Waals surface area contributed by atoms with Crippen molar-refractivity contribution in [3.8, 4) is 17.2 Å². The highest BCUT2D eigenvalue weighted by atomic mass is 16.3. The Hall–Kier alpha value is -7.24. The molecule has 0 radical (unpaired) electrons. The van der Waals surface area contributed by atoms with Crippen LogP contribution in [0.4, 0.5) is 17.1 Å². The van der Waals surface area contributed by atoms with Gasteiger partial charge in [0.1, 0.15) is 16.8 Å². The van der Waals surface area contributed by atoms with E-state index >= 15 is 0 Å². The number of aromatic nitrogens is 3. The van der Waals surface area contributed by atoms with E-state index < -0.39 is 0 Å². The van der Waals surface area contributed by atoms with Crippen molar-refractivity contribution in [3.05, 3.63) is 182 Å². The van der Waals surface area contributed by atoms with Gasteiger partial charge >= 0.3 is 0 Å². The number of para-hydroxylation sites is 2. The molecule has 5 nitrogen and oxygen atoms in total. The first kappa shape index (κ1) is 29.5. The molecule has 11 aromatic rings. The van der Waals surface area contributed by atoms with Crippen molar-refractivity contribution in [1.29, 1.82) is 0 Å². The van der Waals surface area contributed by atoms with E-state index in [4.69, 9.17) is 14.4 Å². The van der Waals surface area contributed by atoms with E-state index in [-0.39, 0.29) is 0 Å². The zero-order valence-electron chi connectivity index (χ0n) is 28.5. The number of hydrogen-bond donors (Lipinski definition) is 0. The summed E-state index contributed by atoms with van der Waals surface area (Å²) in [6.07, 6.45) is 0. The van der Waals surface area contributed by atoms with Crippen molar-refractivity contribution < 1.29 is 4.42 Å². The molecule has 8 aromatic carbocycles. The number of fused-ring (bicyclic) bond motifs is 10. The van der Waals surface area contributed by atoms with Gasteiger partial charge in [0, 0.05) is 44.2 Å². The van der Waals surface area contributed by atoms with E-state index in [1.54, 1.807) is 0 Å². The van der Waals surface area contributed by atoms with Gasteiger partial charge in [0.2, 0.25) is 5.95 Å². The predicted molar refractivity (Wildman–Crippen MR) is 219 cm³/mol. The third-order valence-electron chi connectivity index (χ3n) is 10.4.